The predicted molar refractivity (Wildman–Crippen MR) is 123 cm³/mol. The van der Waals surface area contributed by atoms with Crippen molar-refractivity contribution in [2.24, 2.45) is 0 Å². The van der Waals surface area contributed by atoms with Crippen LogP contribution in [0.1, 0.15) is 45.9 Å². The summed E-state index contributed by atoms with van der Waals surface area (Å²) in [6.07, 6.45) is -0.331. The fraction of sp³-hybridized carbons (Fsp3) is 0.240. The van der Waals surface area contributed by atoms with Gasteiger partial charge in [0, 0.05) is 28.3 Å². The number of hydrogen-bond acceptors (Lipinski definition) is 6. The molecule has 0 bridgehead atoms. The molecule has 0 saturated carbocycles. The molecule has 3 atom stereocenters. The highest BCUT2D eigenvalue weighted by atomic mass is 32.2. The zero-order valence-corrected chi connectivity index (χ0v) is 18.2. The number of aliphatic hydroxyl groups is 1. The van der Waals surface area contributed by atoms with Crippen LogP contribution in [0.15, 0.2) is 77.7 Å². The molecule has 0 amide bonds. The lowest BCUT2D eigenvalue weighted by Gasteiger charge is -2.36. The summed E-state index contributed by atoms with van der Waals surface area (Å²) in [6, 6.07) is 22.1. The Morgan fingerprint density at radius 3 is 2.50 bits per heavy atom. The maximum absolute atomic E-state index is 11.5. The number of carboxylic acid groups (broad SMARTS) is 1. The molecule has 1 aliphatic heterocycles. The van der Waals surface area contributed by atoms with Crippen LogP contribution in [0.3, 0.4) is 0 Å². The molecule has 0 aromatic heterocycles. The third-order valence-electron chi connectivity index (χ3n) is 5.34. The number of benzene rings is 3. The van der Waals surface area contributed by atoms with Crippen LogP contribution in [0.2, 0.25) is 0 Å². The van der Waals surface area contributed by atoms with E-state index < -0.39 is 12.3 Å². The van der Waals surface area contributed by atoms with Crippen molar-refractivity contribution in [1.29, 1.82) is 0 Å². The number of nitrogen functional groups attached to an aromatic ring is 1. The lowest BCUT2D eigenvalue weighted by Crippen LogP contribution is -2.31. The fourth-order valence-electron chi connectivity index (χ4n) is 3.68. The Kier molecular flexibility index (Phi) is 7.12. The van der Waals surface area contributed by atoms with Gasteiger partial charge < -0.3 is 25.4 Å². The molecule has 3 unspecified atom stereocenters. The largest absolute Gasteiger partial charge is 0.478 e. The highest BCUT2D eigenvalue weighted by Crippen LogP contribution is 2.40. The molecule has 6 nitrogen and oxygen atoms in total. The number of nitrogens with two attached hydrogens (primary N) is 1. The van der Waals surface area contributed by atoms with E-state index in [1.54, 1.807) is 12.1 Å². The minimum atomic E-state index is -0.944. The second-order valence-corrected chi connectivity index (χ2v) is 8.69. The number of carboxylic acids is 1. The van der Waals surface area contributed by atoms with Gasteiger partial charge in [-0.3, -0.25) is 0 Å². The van der Waals surface area contributed by atoms with E-state index in [1.807, 2.05) is 60.7 Å². The molecule has 0 spiro atoms. The van der Waals surface area contributed by atoms with Crippen LogP contribution in [-0.2, 0) is 16.1 Å². The van der Waals surface area contributed by atoms with E-state index in [2.05, 4.69) is 0 Å². The molecule has 1 heterocycles. The third-order valence-corrected chi connectivity index (χ3v) is 6.55. The van der Waals surface area contributed by atoms with Gasteiger partial charge in [-0.2, -0.15) is 0 Å². The molecule has 0 radical (unpaired) electrons. The lowest BCUT2D eigenvalue weighted by molar-refractivity contribution is -0.245. The quantitative estimate of drug-likeness (QED) is 0.350. The first-order valence-corrected chi connectivity index (χ1v) is 11.3. The summed E-state index contributed by atoms with van der Waals surface area (Å²) in [5.74, 6) is -0.363. The molecule has 32 heavy (non-hydrogen) atoms. The molecule has 7 heteroatoms. The molecule has 3 aromatic carbocycles. The van der Waals surface area contributed by atoms with Gasteiger partial charge in [-0.1, -0.05) is 48.5 Å². The average Bonchev–Trinajstić information content (AvgIpc) is 2.82. The van der Waals surface area contributed by atoms with Crippen molar-refractivity contribution < 1.29 is 24.5 Å². The van der Waals surface area contributed by atoms with Crippen molar-refractivity contribution in [3.63, 3.8) is 0 Å². The Morgan fingerprint density at radius 1 is 1.00 bits per heavy atom. The zero-order valence-electron chi connectivity index (χ0n) is 17.4. The SMILES string of the molecule is Nc1cccc(C2OC(CSc3ccccc3C(=O)O)CC(c3ccc(CO)cc3)O2)c1. The van der Waals surface area contributed by atoms with Gasteiger partial charge in [0.1, 0.15) is 0 Å². The average molecular weight is 452 g/mol. The van der Waals surface area contributed by atoms with Crippen LogP contribution >= 0.6 is 11.8 Å². The minimum absolute atomic E-state index is 0.0108. The van der Waals surface area contributed by atoms with Gasteiger partial charge in [-0.15, -0.1) is 11.8 Å². The van der Waals surface area contributed by atoms with Crippen molar-refractivity contribution in [2.45, 2.75) is 36.4 Å². The predicted octanol–water partition coefficient (Wildman–Crippen LogP) is 4.80. The topological polar surface area (TPSA) is 102 Å². The van der Waals surface area contributed by atoms with E-state index >= 15 is 0 Å². The Hall–Kier alpha value is -2.84. The molecular weight excluding hydrogens is 426 g/mol. The number of carbonyl (C=O) groups is 1. The number of thioether (sulfide) groups is 1. The van der Waals surface area contributed by atoms with E-state index in [4.69, 9.17) is 15.2 Å². The van der Waals surface area contributed by atoms with Gasteiger partial charge in [-0.05, 0) is 35.4 Å². The van der Waals surface area contributed by atoms with E-state index in [0.29, 0.717) is 22.8 Å². The van der Waals surface area contributed by atoms with Gasteiger partial charge >= 0.3 is 5.97 Å². The molecular formula is C25H25NO5S. The fourth-order valence-corrected chi connectivity index (χ4v) is 4.75. The third kappa shape index (κ3) is 5.31. The van der Waals surface area contributed by atoms with Gasteiger partial charge in [0.2, 0.25) is 0 Å². The smallest absolute Gasteiger partial charge is 0.336 e. The number of aromatic carboxylic acids is 1. The van der Waals surface area contributed by atoms with Crippen LogP contribution in [0.25, 0.3) is 0 Å². The highest BCUT2D eigenvalue weighted by molar-refractivity contribution is 7.99. The van der Waals surface area contributed by atoms with E-state index in [9.17, 15) is 15.0 Å². The molecule has 4 N–H and O–H groups in total. The molecule has 4 rings (SSSR count). The summed E-state index contributed by atoms with van der Waals surface area (Å²) in [7, 11) is 0. The van der Waals surface area contributed by atoms with E-state index in [0.717, 1.165) is 16.7 Å². The van der Waals surface area contributed by atoms with Crippen LogP contribution in [-0.4, -0.2) is 28.0 Å². The second kappa shape index (κ2) is 10.2. The number of anilines is 1. The second-order valence-electron chi connectivity index (χ2n) is 7.63. The Bertz CT molecular complexity index is 1070. The Labute approximate surface area is 191 Å². The summed E-state index contributed by atoms with van der Waals surface area (Å²) in [6.45, 7) is -0.0108. The van der Waals surface area contributed by atoms with Crippen molar-refractivity contribution in [2.75, 3.05) is 11.5 Å². The summed E-state index contributed by atoms with van der Waals surface area (Å²) in [5.41, 5.74) is 9.55. The van der Waals surface area contributed by atoms with Crippen molar-refractivity contribution in [1.82, 2.24) is 0 Å². The first-order valence-electron chi connectivity index (χ1n) is 10.3. The van der Waals surface area contributed by atoms with E-state index in [-0.39, 0.29) is 24.4 Å². The molecule has 166 valence electrons. The van der Waals surface area contributed by atoms with Crippen molar-refractivity contribution in [3.8, 4) is 0 Å². The number of hydrogen-bond donors (Lipinski definition) is 3. The van der Waals surface area contributed by atoms with Crippen molar-refractivity contribution >= 4 is 23.4 Å². The number of rotatable bonds is 7. The lowest BCUT2D eigenvalue weighted by atomic mass is 10.0. The van der Waals surface area contributed by atoms with Crippen molar-refractivity contribution in [3.05, 3.63) is 95.1 Å². The maximum atomic E-state index is 11.5. The standard InChI is InChI=1S/C25H25NO5S/c26-19-5-3-4-18(12-19)25-30-20(15-32-23-7-2-1-6-21(23)24(28)29)13-22(31-25)17-10-8-16(14-27)9-11-17/h1-12,20,22,25,27H,13-15,26H2,(H,28,29). The summed E-state index contributed by atoms with van der Waals surface area (Å²) < 4.78 is 12.5. The highest BCUT2D eigenvalue weighted by Gasteiger charge is 2.32. The normalized spacial score (nSPS) is 20.7. The molecule has 1 aliphatic rings. The van der Waals surface area contributed by atoms with Gasteiger partial charge in [0.05, 0.1) is 24.4 Å². The first kappa shape index (κ1) is 22.4. The van der Waals surface area contributed by atoms with Gasteiger partial charge in [0.15, 0.2) is 6.29 Å². The Balaban J connectivity index is 1.55. The first-order chi connectivity index (χ1) is 15.5. The van der Waals surface area contributed by atoms with Gasteiger partial charge in [0.25, 0.3) is 0 Å². The van der Waals surface area contributed by atoms with Crippen LogP contribution in [0.5, 0.6) is 0 Å². The molecule has 1 saturated heterocycles. The minimum Gasteiger partial charge on any atom is -0.478 e. The van der Waals surface area contributed by atoms with Crippen LogP contribution in [0.4, 0.5) is 5.69 Å². The molecule has 0 aliphatic carbocycles. The summed E-state index contributed by atoms with van der Waals surface area (Å²) >= 11 is 1.47. The van der Waals surface area contributed by atoms with E-state index in [1.165, 1.54) is 11.8 Å². The Morgan fingerprint density at radius 2 is 1.78 bits per heavy atom. The summed E-state index contributed by atoms with van der Waals surface area (Å²) in [4.78, 5) is 12.2. The molecule has 3 aromatic rings. The zero-order chi connectivity index (χ0) is 22.5. The molecule has 1 fully saturated rings. The van der Waals surface area contributed by atoms with Crippen LogP contribution < -0.4 is 5.73 Å². The number of ether oxygens (including phenoxy) is 2. The summed E-state index contributed by atoms with van der Waals surface area (Å²) in [5, 5.41) is 18.8. The van der Waals surface area contributed by atoms with Gasteiger partial charge in [-0.25, -0.2) is 4.79 Å². The van der Waals surface area contributed by atoms with Crippen LogP contribution in [0, 0.1) is 0 Å². The maximum Gasteiger partial charge on any atom is 0.336 e. The monoisotopic (exact) mass is 451 g/mol. The number of aliphatic hydroxyl groups excluding tert-OH is 1.